The van der Waals surface area contributed by atoms with Crippen LogP contribution in [0.25, 0.3) is 0 Å². The maximum absolute atomic E-state index is 11.6. The summed E-state index contributed by atoms with van der Waals surface area (Å²) in [5.41, 5.74) is 2.04. The number of halogens is 1. The van der Waals surface area contributed by atoms with Crippen molar-refractivity contribution in [2.75, 3.05) is 6.61 Å². The molecule has 0 atom stereocenters. The third kappa shape index (κ3) is 6.95. The summed E-state index contributed by atoms with van der Waals surface area (Å²) in [6.07, 6.45) is 1.74. The first-order valence-corrected chi connectivity index (χ1v) is 7.02. The molecule has 0 saturated heterocycles. The van der Waals surface area contributed by atoms with Crippen molar-refractivity contribution in [3.05, 3.63) is 40.4 Å². The van der Waals surface area contributed by atoms with Gasteiger partial charge in [-0.05, 0) is 44.5 Å². The standard InChI is InChI=1S/C16H19ClO4/c1-11(2)8-9-20-15(18)6-7-16(19)21-14-5-4-12(3)10-13(14)17/h4-5,8,10H,6-7,9H2,1-3H3. The number of aryl methyl sites for hydroxylation is 1. The zero-order valence-electron chi connectivity index (χ0n) is 12.4. The number of carbonyl (C=O) groups is 2. The summed E-state index contributed by atoms with van der Waals surface area (Å²) < 4.78 is 10.0. The third-order valence-electron chi connectivity index (χ3n) is 2.58. The summed E-state index contributed by atoms with van der Waals surface area (Å²) in [4.78, 5) is 23.0. The van der Waals surface area contributed by atoms with Crippen LogP contribution in [0.3, 0.4) is 0 Å². The van der Waals surface area contributed by atoms with Gasteiger partial charge in [0.05, 0.1) is 17.9 Å². The van der Waals surface area contributed by atoms with Crippen LogP contribution in [0.5, 0.6) is 5.75 Å². The van der Waals surface area contributed by atoms with Crippen LogP contribution in [0.15, 0.2) is 29.8 Å². The van der Waals surface area contributed by atoms with Gasteiger partial charge < -0.3 is 9.47 Å². The van der Waals surface area contributed by atoms with Crippen molar-refractivity contribution in [1.82, 2.24) is 0 Å². The van der Waals surface area contributed by atoms with E-state index in [0.29, 0.717) is 10.8 Å². The van der Waals surface area contributed by atoms with Crippen LogP contribution in [0.4, 0.5) is 0 Å². The predicted octanol–water partition coefficient (Wildman–Crippen LogP) is 3.84. The molecule has 0 spiro atoms. The van der Waals surface area contributed by atoms with Crippen molar-refractivity contribution >= 4 is 23.5 Å². The summed E-state index contributed by atoms with van der Waals surface area (Å²) in [6, 6.07) is 5.13. The molecular weight excluding hydrogens is 292 g/mol. The zero-order valence-corrected chi connectivity index (χ0v) is 13.2. The van der Waals surface area contributed by atoms with E-state index in [4.69, 9.17) is 21.1 Å². The van der Waals surface area contributed by atoms with E-state index in [1.54, 1.807) is 24.3 Å². The van der Waals surface area contributed by atoms with Crippen molar-refractivity contribution < 1.29 is 19.1 Å². The summed E-state index contributed by atoms with van der Waals surface area (Å²) in [7, 11) is 0. The van der Waals surface area contributed by atoms with Crippen molar-refractivity contribution in [2.24, 2.45) is 0 Å². The minimum Gasteiger partial charge on any atom is -0.461 e. The van der Waals surface area contributed by atoms with E-state index in [0.717, 1.165) is 11.1 Å². The van der Waals surface area contributed by atoms with E-state index < -0.39 is 11.9 Å². The molecule has 0 heterocycles. The number of carbonyl (C=O) groups excluding carboxylic acids is 2. The molecule has 1 aromatic rings. The van der Waals surface area contributed by atoms with Crippen molar-refractivity contribution in [1.29, 1.82) is 0 Å². The second-order valence-corrected chi connectivity index (χ2v) is 5.28. The van der Waals surface area contributed by atoms with Gasteiger partial charge in [0.1, 0.15) is 12.4 Å². The van der Waals surface area contributed by atoms with Gasteiger partial charge in [-0.15, -0.1) is 0 Å². The fraction of sp³-hybridized carbons (Fsp3) is 0.375. The lowest BCUT2D eigenvalue weighted by molar-refractivity contribution is -0.145. The highest BCUT2D eigenvalue weighted by atomic mass is 35.5. The second kappa shape index (κ2) is 8.47. The fourth-order valence-corrected chi connectivity index (χ4v) is 1.71. The zero-order chi connectivity index (χ0) is 15.8. The number of allylic oxidation sites excluding steroid dienone is 1. The molecular formula is C16H19ClO4. The van der Waals surface area contributed by atoms with Crippen LogP contribution < -0.4 is 4.74 Å². The molecule has 0 saturated carbocycles. The van der Waals surface area contributed by atoms with Gasteiger partial charge in [-0.1, -0.05) is 23.2 Å². The summed E-state index contributed by atoms with van der Waals surface area (Å²) in [5.74, 6) is -0.649. The Bertz CT molecular complexity index is 545. The first-order valence-electron chi connectivity index (χ1n) is 6.64. The molecule has 0 aliphatic heterocycles. The van der Waals surface area contributed by atoms with Gasteiger partial charge >= 0.3 is 11.9 Å². The Hall–Kier alpha value is -1.81. The molecule has 114 valence electrons. The molecule has 0 amide bonds. The van der Waals surface area contributed by atoms with Crippen molar-refractivity contribution in [2.45, 2.75) is 33.6 Å². The summed E-state index contributed by atoms with van der Waals surface area (Å²) >= 11 is 5.96. The topological polar surface area (TPSA) is 52.6 Å². The maximum Gasteiger partial charge on any atom is 0.311 e. The average molecular weight is 311 g/mol. The number of hydrogen-bond acceptors (Lipinski definition) is 4. The lowest BCUT2D eigenvalue weighted by Crippen LogP contribution is -2.12. The van der Waals surface area contributed by atoms with E-state index >= 15 is 0 Å². The number of benzene rings is 1. The van der Waals surface area contributed by atoms with E-state index in [1.165, 1.54) is 0 Å². The molecule has 0 aliphatic rings. The van der Waals surface area contributed by atoms with E-state index in [9.17, 15) is 9.59 Å². The van der Waals surface area contributed by atoms with Gasteiger partial charge in [0, 0.05) is 0 Å². The molecule has 0 aliphatic carbocycles. The van der Waals surface area contributed by atoms with Gasteiger partial charge in [0.2, 0.25) is 0 Å². The molecule has 0 aromatic heterocycles. The van der Waals surface area contributed by atoms with Crippen molar-refractivity contribution in [3.63, 3.8) is 0 Å². The molecule has 4 nitrogen and oxygen atoms in total. The minimum atomic E-state index is -0.514. The Balaban J connectivity index is 2.37. The Kier molecular flexibility index (Phi) is 6.96. The van der Waals surface area contributed by atoms with Crippen LogP contribution in [-0.2, 0) is 14.3 Å². The number of rotatable bonds is 6. The predicted molar refractivity (Wildman–Crippen MR) is 81.4 cm³/mol. The lowest BCUT2D eigenvalue weighted by atomic mass is 10.2. The van der Waals surface area contributed by atoms with Gasteiger partial charge in [-0.2, -0.15) is 0 Å². The van der Waals surface area contributed by atoms with Crippen LogP contribution in [0.1, 0.15) is 32.3 Å². The van der Waals surface area contributed by atoms with Crippen LogP contribution >= 0.6 is 11.6 Å². The second-order valence-electron chi connectivity index (χ2n) is 4.87. The van der Waals surface area contributed by atoms with Gasteiger partial charge in [0.25, 0.3) is 0 Å². The smallest absolute Gasteiger partial charge is 0.311 e. The van der Waals surface area contributed by atoms with Gasteiger partial charge in [0.15, 0.2) is 0 Å². The highest BCUT2D eigenvalue weighted by Crippen LogP contribution is 2.25. The van der Waals surface area contributed by atoms with Gasteiger partial charge in [-0.3, -0.25) is 9.59 Å². The Morgan fingerprint density at radius 2 is 1.86 bits per heavy atom. The largest absolute Gasteiger partial charge is 0.461 e. The molecule has 0 fully saturated rings. The molecule has 5 heteroatoms. The maximum atomic E-state index is 11.6. The van der Waals surface area contributed by atoms with Crippen LogP contribution in [0.2, 0.25) is 5.02 Å². The van der Waals surface area contributed by atoms with Crippen LogP contribution in [-0.4, -0.2) is 18.5 Å². The monoisotopic (exact) mass is 310 g/mol. The molecule has 0 N–H and O–H groups in total. The molecule has 0 bridgehead atoms. The normalized spacial score (nSPS) is 9.90. The average Bonchev–Trinajstić information content (AvgIpc) is 2.39. The first kappa shape index (κ1) is 17.2. The molecule has 1 aromatic carbocycles. The van der Waals surface area contributed by atoms with Crippen LogP contribution in [0, 0.1) is 6.92 Å². The van der Waals surface area contributed by atoms with Crippen molar-refractivity contribution in [3.8, 4) is 5.75 Å². The lowest BCUT2D eigenvalue weighted by Gasteiger charge is -2.07. The van der Waals surface area contributed by atoms with E-state index in [1.807, 2.05) is 20.8 Å². The summed E-state index contributed by atoms with van der Waals surface area (Å²) in [6.45, 7) is 5.94. The highest BCUT2D eigenvalue weighted by molar-refractivity contribution is 6.32. The fourth-order valence-electron chi connectivity index (χ4n) is 1.44. The Labute approximate surface area is 129 Å². The Morgan fingerprint density at radius 3 is 2.48 bits per heavy atom. The number of hydrogen-bond donors (Lipinski definition) is 0. The quantitative estimate of drug-likeness (QED) is 0.455. The SMILES string of the molecule is CC(C)=CCOC(=O)CCC(=O)Oc1ccc(C)cc1Cl. The minimum absolute atomic E-state index is 0.0150. The van der Waals surface area contributed by atoms with E-state index in [2.05, 4.69) is 0 Å². The van der Waals surface area contributed by atoms with Gasteiger partial charge in [-0.25, -0.2) is 0 Å². The summed E-state index contributed by atoms with van der Waals surface area (Å²) in [5, 5.41) is 0.370. The first-order chi connectivity index (χ1) is 9.88. The highest BCUT2D eigenvalue weighted by Gasteiger charge is 2.11. The Morgan fingerprint density at radius 1 is 1.19 bits per heavy atom. The molecule has 1 rings (SSSR count). The molecule has 0 radical (unpaired) electrons. The number of esters is 2. The molecule has 0 unspecified atom stereocenters. The number of ether oxygens (including phenoxy) is 2. The van der Waals surface area contributed by atoms with E-state index in [-0.39, 0.29) is 19.4 Å². The molecule has 21 heavy (non-hydrogen) atoms. The third-order valence-corrected chi connectivity index (χ3v) is 2.88.